The minimum Gasteiger partial charge on any atom is -0.497 e. The second-order valence-electron chi connectivity index (χ2n) is 8.80. The summed E-state index contributed by atoms with van der Waals surface area (Å²) in [5.41, 5.74) is 1.30. The van der Waals surface area contributed by atoms with Crippen LogP contribution in [0.1, 0.15) is 63.2 Å². The summed E-state index contributed by atoms with van der Waals surface area (Å²) in [5.74, 6) is 3.74. The number of aromatic nitrogens is 1. The number of carbonyl (C=O) groups is 1. The van der Waals surface area contributed by atoms with Gasteiger partial charge in [0.2, 0.25) is 5.91 Å². The molecule has 1 heterocycles. The van der Waals surface area contributed by atoms with Gasteiger partial charge in [0, 0.05) is 30.9 Å². The average molecular weight is 413 g/mol. The van der Waals surface area contributed by atoms with Gasteiger partial charge in [-0.05, 0) is 61.4 Å². The minimum absolute atomic E-state index is 0.0446. The first kappa shape index (κ1) is 20.8. The quantitative estimate of drug-likeness (QED) is 0.691. The van der Waals surface area contributed by atoms with Crippen LogP contribution in [0.15, 0.2) is 34.9 Å². The van der Waals surface area contributed by atoms with Gasteiger partial charge in [-0.1, -0.05) is 25.0 Å². The molecule has 1 aromatic carbocycles. The third-order valence-electron chi connectivity index (χ3n) is 6.50. The molecule has 6 nitrogen and oxygen atoms in total. The zero-order valence-electron chi connectivity index (χ0n) is 18.1. The van der Waals surface area contributed by atoms with Crippen LogP contribution >= 0.6 is 0 Å². The molecule has 162 valence electrons. The highest BCUT2D eigenvalue weighted by molar-refractivity contribution is 5.76. The molecule has 2 aliphatic rings. The number of carbonyl (C=O) groups excluding carboxylic acids is 1. The van der Waals surface area contributed by atoms with Gasteiger partial charge in [-0.2, -0.15) is 0 Å². The zero-order valence-corrected chi connectivity index (χ0v) is 18.1. The molecule has 2 aromatic rings. The molecule has 1 amide bonds. The van der Waals surface area contributed by atoms with Gasteiger partial charge < -0.3 is 19.3 Å². The predicted octanol–water partition coefficient (Wildman–Crippen LogP) is 4.49. The summed E-state index contributed by atoms with van der Waals surface area (Å²) >= 11 is 0. The van der Waals surface area contributed by atoms with Crippen LogP contribution in [0.25, 0.3) is 0 Å². The smallest absolute Gasteiger partial charge is 0.254 e. The van der Waals surface area contributed by atoms with Gasteiger partial charge in [-0.3, -0.25) is 4.79 Å². The summed E-state index contributed by atoms with van der Waals surface area (Å²) in [4.78, 5) is 12.7. The molecule has 0 unspecified atom stereocenters. The Morgan fingerprint density at radius 3 is 2.63 bits per heavy atom. The van der Waals surface area contributed by atoms with Crippen LogP contribution in [0.5, 0.6) is 11.6 Å². The fourth-order valence-corrected chi connectivity index (χ4v) is 5.15. The Labute approximate surface area is 178 Å². The summed E-state index contributed by atoms with van der Waals surface area (Å²) < 4.78 is 16.1. The van der Waals surface area contributed by atoms with E-state index in [2.05, 4.69) is 22.6 Å². The molecule has 0 spiro atoms. The molecule has 0 bridgehead atoms. The van der Waals surface area contributed by atoms with Gasteiger partial charge in [0.05, 0.1) is 13.2 Å². The third kappa shape index (κ3) is 4.47. The molecule has 1 N–H and O–H groups in total. The second-order valence-corrected chi connectivity index (χ2v) is 8.80. The topological polar surface area (TPSA) is 73.6 Å². The number of nitrogens with one attached hydrogen (secondary N) is 1. The molecule has 4 atom stereocenters. The molecule has 4 rings (SSSR count). The van der Waals surface area contributed by atoms with E-state index < -0.39 is 0 Å². The van der Waals surface area contributed by atoms with Crippen LogP contribution in [0.2, 0.25) is 0 Å². The van der Waals surface area contributed by atoms with Gasteiger partial charge in [-0.15, -0.1) is 0 Å². The van der Waals surface area contributed by atoms with Crippen molar-refractivity contribution < 1.29 is 18.8 Å². The third-order valence-corrected chi connectivity index (χ3v) is 6.50. The largest absolute Gasteiger partial charge is 0.497 e. The van der Waals surface area contributed by atoms with E-state index in [0.717, 1.165) is 5.75 Å². The van der Waals surface area contributed by atoms with Crippen molar-refractivity contribution >= 4 is 5.91 Å². The number of benzene rings is 1. The summed E-state index contributed by atoms with van der Waals surface area (Å²) in [6, 6.07) is 10.3. The predicted molar refractivity (Wildman–Crippen MR) is 114 cm³/mol. The Bertz CT molecular complexity index is 845. The number of amides is 1. The lowest BCUT2D eigenvalue weighted by molar-refractivity contribution is -0.124. The molecular weight excluding hydrogens is 380 g/mol. The molecule has 2 aliphatic carbocycles. The van der Waals surface area contributed by atoms with Crippen LogP contribution in [0.4, 0.5) is 0 Å². The molecule has 6 heteroatoms. The van der Waals surface area contributed by atoms with Gasteiger partial charge >= 0.3 is 0 Å². The summed E-state index contributed by atoms with van der Waals surface area (Å²) in [6.07, 6.45) is 5.97. The van der Waals surface area contributed by atoms with Gasteiger partial charge in [0.15, 0.2) is 0 Å². The monoisotopic (exact) mass is 412 g/mol. The molecule has 2 saturated carbocycles. The number of hydrogen-bond acceptors (Lipinski definition) is 5. The Balaban J connectivity index is 1.37. The standard InChI is InChI=1S/C24H32N2O4/c1-15(2)29-22-14-18(30-26-22)12-13-21(27)25-24-20-7-5-4-6-19(20)23(24)16-8-10-17(28-3)11-9-16/h8-11,14-15,19-20,23-24H,4-7,12-13H2,1-3H3,(H,25,27)/t19-,20+,23+,24+/m1/s1. The number of fused-ring (bicyclic) bond motifs is 1. The first-order valence-electron chi connectivity index (χ1n) is 11.1. The Kier molecular flexibility index (Phi) is 6.30. The van der Waals surface area contributed by atoms with E-state index in [9.17, 15) is 4.79 Å². The van der Waals surface area contributed by atoms with E-state index in [4.69, 9.17) is 14.0 Å². The second kappa shape index (κ2) is 9.11. The highest BCUT2D eigenvalue weighted by Gasteiger charge is 2.51. The fourth-order valence-electron chi connectivity index (χ4n) is 5.15. The van der Waals surface area contributed by atoms with E-state index in [1.54, 1.807) is 13.2 Å². The molecule has 0 radical (unpaired) electrons. The van der Waals surface area contributed by atoms with Gasteiger partial charge in [-0.25, -0.2) is 0 Å². The normalized spacial score (nSPS) is 25.3. The highest BCUT2D eigenvalue weighted by Crippen LogP contribution is 2.54. The zero-order chi connectivity index (χ0) is 21.1. The molecule has 2 fully saturated rings. The van der Waals surface area contributed by atoms with Crippen molar-refractivity contribution in [3.63, 3.8) is 0 Å². The Morgan fingerprint density at radius 2 is 1.93 bits per heavy atom. The minimum atomic E-state index is 0.0446. The Morgan fingerprint density at radius 1 is 1.20 bits per heavy atom. The summed E-state index contributed by atoms with van der Waals surface area (Å²) in [5, 5.41) is 7.24. The van der Waals surface area contributed by atoms with E-state index in [1.807, 2.05) is 26.0 Å². The first-order chi connectivity index (χ1) is 14.5. The summed E-state index contributed by atoms with van der Waals surface area (Å²) in [6.45, 7) is 3.89. The SMILES string of the molecule is COc1ccc([C@H]2[C@@H]3CCCC[C@@H]3[C@@H]2NC(=O)CCc2cc(OC(C)C)no2)cc1. The lowest BCUT2D eigenvalue weighted by atomic mass is 9.53. The van der Waals surface area contributed by atoms with Crippen molar-refractivity contribution in [2.75, 3.05) is 7.11 Å². The maximum Gasteiger partial charge on any atom is 0.254 e. The van der Waals surface area contributed by atoms with E-state index in [-0.39, 0.29) is 18.1 Å². The van der Waals surface area contributed by atoms with Crippen molar-refractivity contribution in [3.05, 3.63) is 41.7 Å². The highest BCUT2D eigenvalue weighted by atomic mass is 16.5. The van der Waals surface area contributed by atoms with E-state index in [1.165, 1.54) is 31.2 Å². The number of hydrogen-bond donors (Lipinski definition) is 1. The lowest BCUT2D eigenvalue weighted by Gasteiger charge is -2.55. The molecule has 0 saturated heterocycles. The molecular formula is C24H32N2O4. The molecule has 30 heavy (non-hydrogen) atoms. The van der Waals surface area contributed by atoms with Crippen molar-refractivity contribution in [1.29, 1.82) is 0 Å². The lowest BCUT2D eigenvalue weighted by Crippen LogP contribution is -2.59. The molecule has 1 aromatic heterocycles. The maximum atomic E-state index is 12.7. The average Bonchev–Trinajstić information content (AvgIpc) is 3.18. The molecule has 0 aliphatic heterocycles. The van der Waals surface area contributed by atoms with E-state index >= 15 is 0 Å². The number of nitrogens with zero attached hydrogens (tertiary/aromatic N) is 1. The fraction of sp³-hybridized carbons (Fsp3) is 0.583. The van der Waals surface area contributed by atoms with Crippen LogP contribution in [0, 0.1) is 11.8 Å². The number of rotatable bonds is 8. The van der Waals surface area contributed by atoms with Crippen LogP contribution in [-0.4, -0.2) is 30.3 Å². The Hall–Kier alpha value is -2.50. The number of ether oxygens (including phenoxy) is 2. The van der Waals surface area contributed by atoms with E-state index in [0.29, 0.717) is 42.2 Å². The number of aryl methyl sites for hydroxylation is 1. The summed E-state index contributed by atoms with van der Waals surface area (Å²) in [7, 11) is 1.69. The van der Waals surface area contributed by atoms with Crippen molar-refractivity contribution in [3.8, 4) is 11.6 Å². The van der Waals surface area contributed by atoms with Crippen molar-refractivity contribution in [2.24, 2.45) is 11.8 Å². The van der Waals surface area contributed by atoms with Crippen molar-refractivity contribution in [1.82, 2.24) is 10.5 Å². The van der Waals surface area contributed by atoms with Crippen molar-refractivity contribution in [2.45, 2.75) is 70.4 Å². The van der Waals surface area contributed by atoms with Gasteiger partial charge in [0.1, 0.15) is 11.5 Å². The van der Waals surface area contributed by atoms with Gasteiger partial charge in [0.25, 0.3) is 5.88 Å². The van der Waals surface area contributed by atoms with Crippen LogP contribution in [-0.2, 0) is 11.2 Å². The van der Waals surface area contributed by atoms with Crippen LogP contribution < -0.4 is 14.8 Å². The number of methoxy groups -OCH3 is 1. The van der Waals surface area contributed by atoms with Crippen LogP contribution in [0.3, 0.4) is 0 Å². The maximum absolute atomic E-state index is 12.7. The first-order valence-corrected chi connectivity index (χ1v) is 11.1.